The molecule has 0 saturated carbocycles. The number of aromatic nitrogens is 2. The highest BCUT2D eigenvalue weighted by Gasteiger charge is 2.42. The first-order valence-corrected chi connectivity index (χ1v) is 12.1. The number of ketones is 1. The van der Waals surface area contributed by atoms with Crippen LogP contribution in [-0.2, 0) is 11.2 Å². The van der Waals surface area contributed by atoms with Crippen LogP contribution in [0, 0.1) is 11.3 Å². The van der Waals surface area contributed by atoms with Crippen molar-refractivity contribution < 1.29 is 4.79 Å². The van der Waals surface area contributed by atoms with E-state index in [9.17, 15) is 9.59 Å². The number of anilines is 1. The Labute approximate surface area is 188 Å². The van der Waals surface area contributed by atoms with Crippen molar-refractivity contribution in [2.24, 2.45) is 11.3 Å². The summed E-state index contributed by atoms with van der Waals surface area (Å²) < 4.78 is 0. The zero-order chi connectivity index (χ0) is 22.3. The van der Waals surface area contributed by atoms with E-state index >= 15 is 0 Å². The molecule has 164 valence electrons. The van der Waals surface area contributed by atoms with Crippen LogP contribution in [0.2, 0.25) is 0 Å². The third-order valence-corrected chi connectivity index (χ3v) is 7.27. The van der Waals surface area contributed by atoms with Gasteiger partial charge >= 0.3 is 0 Å². The monoisotopic (exact) mass is 437 g/mol. The third-order valence-electron chi connectivity index (χ3n) is 5.97. The van der Waals surface area contributed by atoms with Crippen LogP contribution < -0.4 is 10.9 Å². The van der Waals surface area contributed by atoms with Gasteiger partial charge in [-0.3, -0.25) is 9.59 Å². The lowest BCUT2D eigenvalue weighted by molar-refractivity contribution is -0.118. The number of hydrogen-bond donors (Lipinski definition) is 2. The number of fused-ring (bicyclic) bond motifs is 1. The number of aryl methyl sites for hydroxylation is 1. The summed E-state index contributed by atoms with van der Waals surface area (Å²) in [5.74, 6) is 1.69. The Morgan fingerprint density at radius 1 is 1.16 bits per heavy atom. The van der Waals surface area contributed by atoms with Crippen molar-refractivity contribution in [3.63, 3.8) is 0 Å². The first kappa shape index (κ1) is 21.9. The van der Waals surface area contributed by atoms with Gasteiger partial charge in [0.25, 0.3) is 5.56 Å². The lowest BCUT2D eigenvalue weighted by atomic mass is 9.69. The molecule has 2 aliphatic rings. The normalized spacial score (nSPS) is 19.8. The van der Waals surface area contributed by atoms with Gasteiger partial charge in [-0.1, -0.05) is 70.6 Å². The number of hydrogen-bond acceptors (Lipinski definition) is 5. The van der Waals surface area contributed by atoms with Crippen molar-refractivity contribution >= 4 is 23.4 Å². The minimum atomic E-state index is -0.388. The quantitative estimate of drug-likeness (QED) is 0.492. The lowest BCUT2D eigenvalue weighted by Gasteiger charge is -2.38. The van der Waals surface area contributed by atoms with Gasteiger partial charge in [-0.25, -0.2) is 4.98 Å². The van der Waals surface area contributed by atoms with Crippen molar-refractivity contribution in [2.45, 2.75) is 65.0 Å². The molecule has 0 amide bonds. The molecule has 0 saturated heterocycles. The highest BCUT2D eigenvalue weighted by atomic mass is 32.2. The molecule has 1 unspecified atom stereocenters. The molecular weight excluding hydrogens is 406 g/mol. The van der Waals surface area contributed by atoms with Crippen LogP contribution in [0.5, 0.6) is 0 Å². The van der Waals surface area contributed by atoms with Crippen molar-refractivity contribution in [2.75, 3.05) is 11.1 Å². The molecule has 1 aromatic carbocycles. The number of thioether (sulfide) groups is 1. The number of benzene rings is 1. The molecule has 0 radical (unpaired) electrons. The van der Waals surface area contributed by atoms with Crippen LogP contribution in [0.25, 0.3) is 0 Å². The summed E-state index contributed by atoms with van der Waals surface area (Å²) in [6.07, 6.45) is 2.20. The summed E-state index contributed by atoms with van der Waals surface area (Å²) in [5, 5.41) is 4.01. The lowest BCUT2D eigenvalue weighted by Crippen LogP contribution is -2.37. The molecule has 0 fully saturated rings. The highest BCUT2D eigenvalue weighted by Crippen LogP contribution is 2.47. The maximum absolute atomic E-state index is 13.3. The van der Waals surface area contributed by atoms with E-state index in [2.05, 4.69) is 69.2 Å². The van der Waals surface area contributed by atoms with Crippen molar-refractivity contribution in [3.05, 3.63) is 62.6 Å². The van der Waals surface area contributed by atoms with Crippen LogP contribution in [0.3, 0.4) is 0 Å². The van der Waals surface area contributed by atoms with Crippen LogP contribution in [-0.4, -0.2) is 21.5 Å². The smallest absolute Gasteiger partial charge is 0.257 e. The zero-order valence-electron chi connectivity index (χ0n) is 19.0. The Hall–Kier alpha value is -2.34. The van der Waals surface area contributed by atoms with Gasteiger partial charge in [0.1, 0.15) is 5.82 Å². The second-order valence-electron chi connectivity index (χ2n) is 9.82. The zero-order valence-corrected chi connectivity index (χ0v) is 19.8. The van der Waals surface area contributed by atoms with Crippen LogP contribution in [0.15, 0.2) is 45.5 Å². The average Bonchev–Trinajstić information content (AvgIpc) is 2.70. The van der Waals surface area contributed by atoms with Gasteiger partial charge < -0.3 is 10.3 Å². The Morgan fingerprint density at radius 2 is 1.87 bits per heavy atom. The van der Waals surface area contributed by atoms with E-state index in [-0.39, 0.29) is 22.7 Å². The predicted molar refractivity (Wildman–Crippen MR) is 127 cm³/mol. The maximum Gasteiger partial charge on any atom is 0.257 e. The Balaban J connectivity index is 1.87. The summed E-state index contributed by atoms with van der Waals surface area (Å²) in [4.78, 5) is 34.3. The third kappa shape index (κ3) is 4.36. The number of H-pyrrole nitrogens is 1. The predicted octanol–water partition coefficient (Wildman–Crippen LogP) is 5.28. The fraction of sp³-hybridized carbons (Fsp3) is 0.480. The van der Waals surface area contributed by atoms with E-state index in [0.717, 1.165) is 35.4 Å². The summed E-state index contributed by atoms with van der Waals surface area (Å²) in [6.45, 7) is 10.6. The topological polar surface area (TPSA) is 74.8 Å². The van der Waals surface area contributed by atoms with Crippen LogP contribution in [0.4, 0.5) is 5.82 Å². The summed E-state index contributed by atoms with van der Waals surface area (Å²) in [7, 11) is 0. The molecule has 1 aromatic heterocycles. The molecule has 4 rings (SSSR count). The van der Waals surface area contributed by atoms with Crippen molar-refractivity contribution in [1.29, 1.82) is 0 Å². The molecule has 1 aliphatic heterocycles. The first-order chi connectivity index (χ1) is 14.7. The van der Waals surface area contributed by atoms with E-state index in [1.807, 2.05) is 0 Å². The summed E-state index contributed by atoms with van der Waals surface area (Å²) >= 11 is 1.56. The minimum absolute atomic E-state index is 0.117. The number of aromatic amines is 1. The van der Waals surface area contributed by atoms with E-state index in [1.165, 1.54) is 5.56 Å². The molecule has 0 spiro atoms. The number of rotatable bonds is 5. The molecule has 1 aliphatic carbocycles. The minimum Gasteiger partial charge on any atom is -0.343 e. The number of nitrogens with one attached hydrogen (secondary N) is 2. The largest absolute Gasteiger partial charge is 0.343 e. The van der Waals surface area contributed by atoms with Gasteiger partial charge in [0.15, 0.2) is 10.9 Å². The Bertz CT molecular complexity index is 1100. The van der Waals surface area contributed by atoms with E-state index in [1.54, 1.807) is 11.8 Å². The van der Waals surface area contributed by atoms with E-state index in [4.69, 9.17) is 4.98 Å². The molecule has 31 heavy (non-hydrogen) atoms. The highest BCUT2D eigenvalue weighted by molar-refractivity contribution is 7.99. The first-order valence-electron chi connectivity index (χ1n) is 11.1. The van der Waals surface area contributed by atoms with Gasteiger partial charge in [0, 0.05) is 29.4 Å². The second-order valence-corrected chi connectivity index (χ2v) is 10.8. The molecule has 1 atom stereocenters. The Kier molecular flexibility index (Phi) is 5.86. The van der Waals surface area contributed by atoms with Gasteiger partial charge in [-0.2, -0.15) is 0 Å². The van der Waals surface area contributed by atoms with Crippen molar-refractivity contribution in [3.8, 4) is 0 Å². The van der Waals surface area contributed by atoms with Gasteiger partial charge in [0.2, 0.25) is 0 Å². The standard InChI is InChI=1S/C25H31N3O2S/c1-6-15-7-9-16(10-8-15)19-20-17(11-25(4,5)12-18(20)29)26-22-21(19)23(30)28-24(27-22)31-13-14(2)3/h7-10,14,19H,6,11-13H2,1-5H3,(H2,26,27,28,30). The summed E-state index contributed by atoms with van der Waals surface area (Å²) in [6, 6.07) is 8.28. The van der Waals surface area contributed by atoms with E-state index < -0.39 is 0 Å². The molecule has 5 nitrogen and oxygen atoms in total. The van der Waals surface area contributed by atoms with Crippen molar-refractivity contribution in [1.82, 2.24) is 9.97 Å². The van der Waals surface area contributed by atoms with Crippen LogP contribution in [0.1, 0.15) is 70.1 Å². The average molecular weight is 438 g/mol. The molecule has 2 N–H and O–H groups in total. The van der Waals surface area contributed by atoms with Gasteiger partial charge in [-0.15, -0.1) is 0 Å². The second kappa shape index (κ2) is 8.30. The number of allylic oxidation sites excluding steroid dienone is 2. The Morgan fingerprint density at radius 3 is 2.52 bits per heavy atom. The molecule has 6 heteroatoms. The fourth-order valence-corrected chi connectivity index (χ4v) is 5.30. The SMILES string of the molecule is CCc1ccc(C2C3=C(CC(C)(C)CC3=O)Nc3nc(SCC(C)C)[nH]c(=O)c32)cc1. The number of nitrogens with zero attached hydrogens (tertiary/aromatic N) is 1. The molecular formula is C25H31N3O2S. The number of Topliss-reactive ketones (excluding diaryl/α,β-unsaturated/α-hetero) is 1. The summed E-state index contributed by atoms with van der Waals surface area (Å²) in [5.41, 5.74) is 4.10. The maximum atomic E-state index is 13.3. The molecule has 0 bridgehead atoms. The van der Waals surface area contributed by atoms with E-state index in [0.29, 0.717) is 28.9 Å². The number of carbonyl (C=O) groups is 1. The fourth-order valence-electron chi connectivity index (χ4n) is 4.49. The van der Waals surface area contributed by atoms with Crippen LogP contribution >= 0.6 is 11.8 Å². The molecule has 2 heterocycles. The van der Waals surface area contributed by atoms with Gasteiger partial charge in [-0.05, 0) is 35.3 Å². The van der Waals surface area contributed by atoms with Gasteiger partial charge in [0.05, 0.1) is 5.56 Å². The number of carbonyl (C=O) groups excluding carboxylic acids is 1. The molecule has 2 aromatic rings.